The van der Waals surface area contributed by atoms with Gasteiger partial charge in [0.25, 0.3) is 0 Å². The van der Waals surface area contributed by atoms with Crippen LogP contribution in [0.1, 0.15) is 12.5 Å². The van der Waals surface area contributed by atoms with Crippen molar-refractivity contribution >= 4 is 15.7 Å². The van der Waals surface area contributed by atoms with Crippen molar-refractivity contribution in [1.82, 2.24) is 4.98 Å². The molecule has 0 aromatic carbocycles. The Morgan fingerprint density at radius 1 is 1.53 bits per heavy atom. The van der Waals surface area contributed by atoms with Crippen LogP contribution in [0.25, 0.3) is 0 Å². The van der Waals surface area contributed by atoms with Gasteiger partial charge >= 0.3 is 0 Å². The van der Waals surface area contributed by atoms with Gasteiger partial charge in [0.1, 0.15) is 15.7 Å². The zero-order valence-electron chi connectivity index (χ0n) is 9.19. The molecule has 0 spiro atoms. The molecule has 1 rings (SSSR count). The van der Waals surface area contributed by atoms with Crippen LogP contribution < -0.4 is 5.32 Å². The highest BCUT2D eigenvalue weighted by atomic mass is 32.2. The van der Waals surface area contributed by atoms with Crippen molar-refractivity contribution < 1.29 is 8.42 Å². The number of nitrogens with zero attached hydrogens (tertiary/aromatic N) is 1. The second-order valence-corrected chi connectivity index (χ2v) is 5.99. The zero-order chi connectivity index (χ0) is 11.5. The van der Waals surface area contributed by atoms with Gasteiger partial charge in [0, 0.05) is 18.5 Å². The molecule has 1 heterocycles. The Hall–Kier alpha value is -1.10. The SMILES string of the molecule is Cc1cccnc1NC(C)CS(C)(=O)=O. The predicted octanol–water partition coefficient (Wildman–Crippen LogP) is 1.24. The fourth-order valence-corrected chi connectivity index (χ4v) is 2.36. The Bertz CT molecular complexity index is 429. The smallest absolute Gasteiger partial charge is 0.149 e. The number of pyridine rings is 1. The van der Waals surface area contributed by atoms with E-state index in [1.165, 1.54) is 6.26 Å². The van der Waals surface area contributed by atoms with Gasteiger partial charge in [0.15, 0.2) is 0 Å². The lowest BCUT2D eigenvalue weighted by atomic mass is 10.2. The number of aromatic nitrogens is 1. The molecule has 4 nitrogen and oxygen atoms in total. The molecule has 1 unspecified atom stereocenters. The molecule has 15 heavy (non-hydrogen) atoms. The Balaban J connectivity index is 2.67. The molecular formula is C10H16N2O2S. The maximum absolute atomic E-state index is 11.1. The average molecular weight is 228 g/mol. The predicted molar refractivity (Wildman–Crippen MR) is 61.8 cm³/mol. The quantitative estimate of drug-likeness (QED) is 0.842. The van der Waals surface area contributed by atoms with Gasteiger partial charge in [-0.05, 0) is 25.5 Å². The molecule has 0 saturated carbocycles. The van der Waals surface area contributed by atoms with Crippen molar-refractivity contribution in [1.29, 1.82) is 0 Å². The van der Waals surface area contributed by atoms with Gasteiger partial charge in [-0.3, -0.25) is 0 Å². The molecule has 1 N–H and O–H groups in total. The van der Waals surface area contributed by atoms with E-state index < -0.39 is 9.84 Å². The summed E-state index contributed by atoms with van der Waals surface area (Å²) in [6.07, 6.45) is 2.92. The van der Waals surface area contributed by atoms with Gasteiger partial charge < -0.3 is 5.32 Å². The molecule has 0 bridgehead atoms. The Kier molecular flexibility index (Phi) is 3.68. The molecule has 1 atom stereocenters. The fourth-order valence-electron chi connectivity index (χ4n) is 1.37. The molecule has 1 aromatic rings. The van der Waals surface area contributed by atoms with E-state index in [1.54, 1.807) is 6.20 Å². The average Bonchev–Trinajstić information content (AvgIpc) is 2.05. The first-order valence-corrected chi connectivity index (χ1v) is 6.80. The van der Waals surface area contributed by atoms with Gasteiger partial charge in [-0.15, -0.1) is 0 Å². The topological polar surface area (TPSA) is 59.1 Å². The number of hydrogen-bond acceptors (Lipinski definition) is 4. The Morgan fingerprint density at radius 2 is 2.20 bits per heavy atom. The Morgan fingerprint density at radius 3 is 2.73 bits per heavy atom. The lowest BCUT2D eigenvalue weighted by Gasteiger charge is -2.14. The second kappa shape index (κ2) is 4.61. The van der Waals surface area contributed by atoms with E-state index in [2.05, 4.69) is 10.3 Å². The fraction of sp³-hybridized carbons (Fsp3) is 0.500. The molecular weight excluding hydrogens is 212 g/mol. The number of nitrogens with one attached hydrogen (secondary N) is 1. The van der Waals surface area contributed by atoms with E-state index in [-0.39, 0.29) is 11.8 Å². The molecule has 0 fully saturated rings. The van der Waals surface area contributed by atoms with E-state index >= 15 is 0 Å². The van der Waals surface area contributed by atoms with E-state index in [4.69, 9.17) is 0 Å². The molecule has 0 saturated heterocycles. The van der Waals surface area contributed by atoms with Crippen LogP contribution in [-0.4, -0.2) is 31.5 Å². The lowest BCUT2D eigenvalue weighted by molar-refractivity contribution is 0.598. The van der Waals surface area contributed by atoms with Crippen LogP contribution in [0.4, 0.5) is 5.82 Å². The lowest BCUT2D eigenvalue weighted by Crippen LogP contribution is -2.25. The highest BCUT2D eigenvalue weighted by Gasteiger charge is 2.11. The maximum atomic E-state index is 11.1. The van der Waals surface area contributed by atoms with Crippen LogP contribution in [0.15, 0.2) is 18.3 Å². The summed E-state index contributed by atoms with van der Waals surface area (Å²) in [5.41, 5.74) is 1.01. The summed E-state index contributed by atoms with van der Waals surface area (Å²) >= 11 is 0. The van der Waals surface area contributed by atoms with Crippen molar-refractivity contribution in [2.45, 2.75) is 19.9 Å². The first-order chi connectivity index (χ1) is 6.88. The highest BCUT2D eigenvalue weighted by Crippen LogP contribution is 2.10. The van der Waals surface area contributed by atoms with E-state index in [0.717, 1.165) is 11.4 Å². The minimum absolute atomic E-state index is 0.114. The molecule has 0 aliphatic heterocycles. The van der Waals surface area contributed by atoms with Crippen molar-refractivity contribution in [2.24, 2.45) is 0 Å². The summed E-state index contributed by atoms with van der Waals surface area (Å²) in [6.45, 7) is 3.76. The Labute approximate surface area is 90.7 Å². The highest BCUT2D eigenvalue weighted by molar-refractivity contribution is 7.90. The van der Waals surface area contributed by atoms with Gasteiger partial charge in [-0.1, -0.05) is 6.07 Å². The molecule has 84 valence electrons. The summed E-state index contributed by atoms with van der Waals surface area (Å²) < 4.78 is 22.1. The van der Waals surface area contributed by atoms with E-state index in [0.29, 0.717) is 0 Å². The number of sulfone groups is 1. The van der Waals surface area contributed by atoms with E-state index in [9.17, 15) is 8.42 Å². The standard InChI is InChI=1S/C10H16N2O2S/c1-8-5-4-6-11-10(8)12-9(2)7-15(3,13)14/h4-6,9H,7H2,1-3H3,(H,11,12). The third-order valence-corrected chi connectivity index (χ3v) is 3.05. The van der Waals surface area contributed by atoms with Crippen LogP contribution in [-0.2, 0) is 9.84 Å². The first-order valence-electron chi connectivity index (χ1n) is 4.74. The van der Waals surface area contributed by atoms with Crippen LogP contribution >= 0.6 is 0 Å². The zero-order valence-corrected chi connectivity index (χ0v) is 10.0. The van der Waals surface area contributed by atoms with Crippen LogP contribution in [0.5, 0.6) is 0 Å². The molecule has 0 radical (unpaired) electrons. The molecule has 0 aliphatic rings. The van der Waals surface area contributed by atoms with Crippen molar-refractivity contribution in [3.8, 4) is 0 Å². The summed E-state index contributed by atoms with van der Waals surface area (Å²) in [7, 11) is -2.95. The summed E-state index contributed by atoms with van der Waals surface area (Å²) in [6, 6.07) is 3.65. The molecule has 1 aromatic heterocycles. The second-order valence-electron chi connectivity index (χ2n) is 3.81. The van der Waals surface area contributed by atoms with Crippen LogP contribution in [0, 0.1) is 6.92 Å². The van der Waals surface area contributed by atoms with E-state index in [1.807, 2.05) is 26.0 Å². The minimum atomic E-state index is -2.95. The number of aryl methyl sites for hydroxylation is 1. The molecule has 5 heteroatoms. The normalized spacial score (nSPS) is 13.5. The van der Waals surface area contributed by atoms with Crippen molar-refractivity contribution in [3.63, 3.8) is 0 Å². The summed E-state index contributed by atoms with van der Waals surface area (Å²) in [4.78, 5) is 4.14. The number of hydrogen-bond donors (Lipinski definition) is 1. The monoisotopic (exact) mass is 228 g/mol. The van der Waals surface area contributed by atoms with Crippen LogP contribution in [0.3, 0.4) is 0 Å². The van der Waals surface area contributed by atoms with Gasteiger partial charge in [0.2, 0.25) is 0 Å². The van der Waals surface area contributed by atoms with Gasteiger partial charge in [-0.2, -0.15) is 0 Å². The molecule has 0 amide bonds. The van der Waals surface area contributed by atoms with Crippen LogP contribution in [0.2, 0.25) is 0 Å². The number of anilines is 1. The van der Waals surface area contributed by atoms with Gasteiger partial charge in [0.05, 0.1) is 5.75 Å². The first kappa shape index (κ1) is 12.0. The minimum Gasteiger partial charge on any atom is -0.366 e. The summed E-state index contributed by atoms with van der Waals surface area (Å²) in [5.74, 6) is 0.858. The number of rotatable bonds is 4. The largest absolute Gasteiger partial charge is 0.366 e. The third-order valence-electron chi connectivity index (χ3n) is 1.95. The molecule has 0 aliphatic carbocycles. The van der Waals surface area contributed by atoms with Gasteiger partial charge in [-0.25, -0.2) is 13.4 Å². The summed E-state index contributed by atoms with van der Waals surface area (Å²) in [5, 5.41) is 3.08. The maximum Gasteiger partial charge on any atom is 0.149 e. The third kappa shape index (κ3) is 4.29. The van der Waals surface area contributed by atoms with Crippen molar-refractivity contribution in [3.05, 3.63) is 23.9 Å². The van der Waals surface area contributed by atoms with Crippen molar-refractivity contribution in [2.75, 3.05) is 17.3 Å².